The zero-order valence-corrected chi connectivity index (χ0v) is 37.8. The molecule has 4 amide bonds. The third-order valence-electron chi connectivity index (χ3n) is 9.65. The van der Waals surface area contributed by atoms with E-state index in [1.165, 1.54) is 29.6 Å². The van der Waals surface area contributed by atoms with Gasteiger partial charge in [0.15, 0.2) is 0 Å². The molecule has 0 saturated heterocycles. The van der Waals surface area contributed by atoms with Crippen molar-refractivity contribution in [3.05, 3.63) is 70.8 Å². The molecule has 16 heteroatoms. The van der Waals surface area contributed by atoms with Crippen LogP contribution in [0.5, 0.6) is 0 Å². The van der Waals surface area contributed by atoms with Crippen molar-refractivity contribution in [2.45, 2.75) is 113 Å². The van der Waals surface area contributed by atoms with Gasteiger partial charge >= 0.3 is 0 Å². The van der Waals surface area contributed by atoms with Crippen molar-refractivity contribution in [1.82, 2.24) is 0 Å². The third-order valence-corrected chi connectivity index (χ3v) is 12.0. The highest BCUT2D eigenvalue weighted by Crippen LogP contribution is 2.41. The molecule has 0 radical (unpaired) electrons. The van der Waals surface area contributed by atoms with E-state index < -0.39 is 23.9 Å². The molecule has 0 aliphatic heterocycles. The summed E-state index contributed by atoms with van der Waals surface area (Å²) < 4.78 is 0. The average molecular weight is 865 g/mol. The summed E-state index contributed by atoms with van der Waals surface area (Å²) >= 11 is 2.82. The van der Waals surface area contributed by atoms with E-state index in [0.29, 0.717) is 83.1 Å². The fraction of sp³-hybridized carbons (Fsp3) is 0.500. The van der Waals surface area contributed by atoms with Crippen molar-refractivity contribution in [3.8, 4) is 0 Å². The molecule has 0 aliphatic carbocycles. The SMILES string of the molecule is CC(C)(C)c1cc(NC(=O)c2cccc(C(=O)Nc3cc(C(C)(C)C)cc(NC(=O)[C@H](N)CCCCN)c3SCCN)c2)c(SCCN)c(NC(=O)C(N)CCCCN)c1. The molecular weight excluding hydrogens is 797 g/mol. The molecule has 0 saturated carbocycles. The summed E-state index contributed by atoms with van der Waals surface area (Å²) in [6.45, 7) is 14.0. The largest absolute Gasteiger partial charge is 0.330 e. The predicted molar refractivity (Wildman–Crippen MR) is 251 cm³/mol. The van der Waals surface area contributed by atoms with E-state index in [1.807, 2.05) is 65.8 Å². The van der Waals surface area contributed by atoms with Crippen LogP contribution in [0.4, 0.5) is 22.7 Å². The molecule has 3 aromatic carbocycles. The van der Waals surface area contributed by atoms with Crippen molar-refractivity contribution >= 4 is 69.9 Å². The van der Waals surface area contributed by atoms with Crippen molar-refractivity contribution in [2.75, 3.05) is 59.0 Å². The Morgan fingerprint density at radius 2 is 0.883 bits per heavy atom. The number of thioether (sulfide) groups is 2. The first-order chi connectivity index (χ1) is 28.3. The number of carbonyl (C=O) groups is 4. The fourth-order valence-electron chi connectivity index (χ4n) is 6.05. The quantitative estimate of drug-likeness (QED) is 0.0432. The van der Waals surface area contributed by atoms with E-state index in [-0.39, 0.29) is 33.8 Å². The maximum absolute atomic E-state index is 14.1. The van der Waals surface area contributed by atoms with Crippen LogP contribution in [0.25, 0.3) is 0 Å². The molecule has 16 N–H and O–H groups in total. The number of rotatable bonds is 22. The molecule has 14 nitrogen and oxygen atoms in total. The Morgan fingerprint density at radius 3 is 1.20 bits per heavy atom. The van der Waals surface area contributed by atoms with Gasteiger partial charge in [-0.1, -0.05) is 60.5 Å². The lowest BCUT2D eigenvalue weighted by atomic mass is 9.86. The van der Waals surface area contributed by atoms with Crippen molar-refractivity contribution in [1.29, 1.82) is 0 Å². The van der Waals surface area contributed by atoms with Crippen LogP contribution in [0.15, 0.2) is 58.3 Å². The summed E-state index contributed by atoms with van der Waals surface area (Å²) in [6, 6.07) is 12.6. The van der Waals surface area contributed by atoms with Crippen LogP contribution in [0.3, 0.4) is 0 Å². The Kier molecular flexibility index (Phi) is 20.0. The minimum atomic E-state index is -0.736. The van der Waals surface area contributed by atoms with Gasteiger partial charge in [0, 0.05) is 35.7 Å². The molecule has 60 heavy (non-hydrogen) atoms. The van der Waals surface area contributed by atoms with E-state index in [1.54, 1.807) is 18.2 Å². The van der Waals surface area contributed by atoms with Gasteiger partial charge in [0.05, 0.1) is 44.6 Å². The smallest absolute Gasteiger partial charge is 0.255 e. The van der Waals surface area contributed by atoms with Gasteiger partial charge < -0.3 is 55.7 Å². The lowest BCUT2D eigenvalue weighted by Crippen LogP contribution is -2.36. The lowest BCUT2D eigenvalue weighted by Gasteiger charge is -2.25. The molecular formula is C44H68N10O4S2. The molecule has 0 heterocycles. The molecule has 2 atom stereocenters. The van der Waals surface area contributed by atoms with Crippen molar-refractivity contribution < 1.29 is 19.2 Å². The van der Waals surface area contributed by atoms with E-state index >= 15 is 0 Å². The van der Waals surface area contributed by atoms with Gasteiger partial charge in [-0.3, -0.25) is 19.2 Å². The highest BCUT2D eigenvalue weighted by atomic mass is 32.2. The summed E-state index contributed by atoms with van der Waals surface area (Å²) in [5.41, 5.74) is 39.2. The summed E-state index contributed by atoms with van der Waals surface area (Å²) in [4.78, 5) is 56.0. The summed E-state index contributed by atoms with van der Waals surface area (Å²) in [6.07, 6.45) is 3.95. The molecule has 330 valence electrons. The molecule has 3 rings (SSSR count). The predicted octanol–water partition coefficient (Wildman–Crippen LogP) is 5.68. The average Bonchev–Trinajstić information content (AvgIpc) is 3.19. The Morgan fingerprint density at radius 1 is 0.533 bits per heavy atom. The number of benzene rings is 3. The Hall–Kier alpha value is -4.00. The second kappa shape index (κ2) is 23.9. The van der Waals surface area contributed by atoms with Gasteiger partial charge in [-0.25, -0.2) is 0 Å². The Bertz CT molecular complexity index is 1800. The number of carbonyl (C=O) groups excluding carboxylic acids is 4. The molecule has 1 unspecified atom stereocenters. The molecule has 0 aromatic heterocycles. The second-order valence-corrected chi connectivity index (χ2v) is 19.0. The first-order valence-corrected chi connectivity index (χ1v) is 22.6. The third kappa shape index (κ3) is 15.2. The minimum Gasteiger partial charge on any atom is -0.330 e. The maximum Gasteiger partial charge on any atom is 0.255 e. The molecule has 0 spiro atoms. The standard InChI is InChI=1S/C44H68N10O4S2/c1-43(2,3)29-23-33(37(59-20-18-47)35(25-29)53-41(57)31(49)14-7-9-16-45)51-39(55)27-12-11-13-28(22-27)40(56)52-34-24-30(44(4,5)6)26-36(38(34)60-21-19-48)54-42(58)32(50)15-8-10-17-46/h11-13,22-26,31-32H,7-10,14-21,45-50H2,1-6H3,(H,51,55)(H,52,56)(H,53,57)(H,54,58)/t31-,32?/m1/s1. The van der Waals surface area contributed by atoms with Gasteiger partial charge in [-0.05, 0) is 103 Å². The van der Waals surface area contributed by atoms with Crippen LogP contribution < -0.4 is 55.7 Å². The zero-order valence-electron chi connectivity index (χ0n) is 36.2. The monoisotopic (exact) mass is 864 g/mol. The minimum absolute atomic E-state index is 0.240. The van der Waals surface area contributed by atoms with Crippen LogP contribution in [-0.4, -0.2) is 73.4 Å². The number of amides is 4. The van der Waals surface area contributed by atoms with Crippen LogP contribution in [0.1, 0.15) is 112 Å². The van der Waals surface area contributed by atoms with Crippen molar-refractivity contribution in [2.24, 2.45) is 34.4 Å². The summed E-state index contributed by atoms with van der Waals surface area (Å²) in [5.74, 6) is -0.539. The fourth-order valence-corrected chi connectivity index (χ4v) is 7.75. The van der Waals surface area contributed by atoms with Crippen LogP contribution >= 0.6 is 23.5 Å². The topological polar surface area (TPSA) is 273 Å². The highest BCUT2D eigenvalue weighted by molar-refractivity contribution is 7.99. The number of hydrogen-bond donors (Lipinski definition) is 10. The van der Waals surface area contributed by atoms with E-state index in [4.69, 9.17) is 34.4 Å². The number of nitrogens with two attached hydrogens (primary N) is 6. The lowest BCUT2D eigenvalue weighted by molar-refractivity contribution is -0.118. The number of nitrogens with one attached hydrogen (secondary N) is 4. The highest BCUT2D eigenvalue weighted by Gasteiger charge is 2.26. The van der Waals surface area contributed by atoms with Gasteiger partial charge in [0.2, 0.25) is 11.8 Å². The molecule has 0 fully saturated rings. The molecule has 3 aromatic rings. The second-order valence-electron chi connectivity index (χ2n) is 16.8. The number of unbranched alkanes of at least 4 members (excludes halogenated alkanes) is 2. The summed E-state index contributed by atoms with van der Waals surface area (Å²) in [7, 11) is 0. The van der Waals surface area contributed by atoms with Gasteiger partial charge in [-0.15, -0.1) is 23.5 Å². The van der Waals surface area contributed by atoms with E-state index in [9.17, 15) is 19.2 Å². The van der Waals surface area contributed by atoms with Crippen molar-refractivity contribution in [3.63, 3.8) is 0 Å². The van der Waals surface area contributed by atoms with Gasteiger partial charge in [0.25, 0.3) is 11.8 Å². The van der Waals surface area contributed by atoms with Crippen LogP contribution in [-0.2, 0) is 20.4 Å². The van der Waals surface area contributed by atoms with Gasteiger partial charge in [0.1, 0.15) is 0 Å². The normalized spacial score (nSPS) is 12.7. The summed E-state index contributed by atoms with van der Waals surface area (Å²) in [5, 5.41) is 12.1. The Labute approximate surface area is 364 Å². The van der Waals surface area contributed by atoms with Crippen LogP contribution in [0, 0.1) is 0 Å². The Balaban J connectivity index is 2.01. The number of anilines is 4. The van der Waals surface area contributed by atoms with Gasteiger partial charge in [-0.2, -0.15) is 0 Å². The molecule has 0 bridgehead atoms. The first-order valence-electron chi connectivity index (χ1n) is 20.6. The maximum atomic E-state index is 14.1. The van der Waals surface area contributed by atoms with E-state index in [0.717, 1.165) is 36.8 Å². The zero-order chi connectivity index (χ0) is 44.6. The number of hydrogen-bond acceptors (Lipinski definition) is 12. The van der Waals surface area contributed by atoms with Crippen LogP contribution in [0.2, 0.25) is 0 Å². The first kappa shape index (κ1) is 50.4. The molecule has 0 aliphatic rings. The van der Waals surface area contributed by atoms with E-state index in [2.05, 4.69) is 21.3 Å².